The molecule has 1 N–H and O–H groups in total. The zero-order chi connectivity index (χ0) is 16.2. The fourth-order valence-corrected chi connectivity index (χ4v) is 2.89. The summed E-state index contributed by atoms with van der Waals surface area (Å²) in [6.45, 7) is 5.32. The van der Waals surface area contributed by atoms with Crippen LogP contribution in [0.5, 0.6) is 11.5 Å². The topological polar surface area (TPSA) is 55.9 Å². The Morgan fingerprint density at radius 3 is 2.52 bits per heavy atom. The second-order valence-electron chi connectivity index (χ2n) is 5.83. The van der Waals surface area contributed by atoms with Gasteiger partial charge in [0.25, 0.3) is 0 Å². The monoisotopic (exact) mass is 363 g/mol. The van der Waals surface area contributed by atoms with Gasteiger partial charge in [0.15, 0.2) is 11.5 Å². The third kappa shape index (κ3) is 4.27. The molecule has 1 aromatic carbocycles. The quantitative estimate of drug-likeness (QED) is 0.901. The molecule has 0 radical (unpaired) electrons. The fraction of sp³-hybridized carbons (Fsp3) is 0.389. The maximum atomic E-state index is 5.61. The molecule has 0 aliphatic carbocycles. The van der Waals surface area contributed by atoms with E-state index < -0.39 is 0 Å². The van der Waals surface area contributed by atoms with Gasteiger partial charge < -0.3 is 24.4 Å². The van der Waals surface area contributed by atoms with Crippen molar-refractivity contribution in [2.45, 2.75) is 6.54 Å². The average molecular weight is 364 g/mol. The van der Waals surface area contributed by atoms with Gasteiger partial charge in [-0.05, 0) is 29.8 Å². The Bertz CT molecular complexity index is 690. The van der Waals surface area contributed by atoms with Crippen LogP contribution in [0.25, 0.3) is 0 Å². The Hall–Kier alpha value is -2.18. The SMILES string of the molecule is Cl.c1cc2c(cc1CNc1ccc(N3CCOCC3)cn1)OCCO2. The molecule has 2 aliphatic heterocycles. The number of halogens is 1. The van der Waals surface area contributed by atoms with E-state index in [2.05, 4.69) is 21.3 Å². The van der Waals surface area contributed by atoms with Crippen molar-refractivity contribution in [3.8, 4) is 11.5 Å². The number of fused-ring (bicyclic) bond motifs is 1. The Labute approximate surface area is 153 Å². The lowest BCUT2D eigenvalue weighted by Gasteiger charge is -2.28. The van der Waals surface area contributed by atoms with Gasteiger partial charge in [0.05, 0.1) is 25.1 Å². The molecule has 0 bridgehead atoms. The number of morpholine rings is 1. The maximum absolute atomic E-state index is 5.61. The van der Waals surface area contributed by atoms with E-state index in [9.17, 15) is 0 Å². The first-order valence-electron chi connectivity index (χ1n) is 8.30. The summed E-state index contributed by atoms with van der Waals surface area (Å²) in [6.07, 6.45) is 1.91. The number of hydrogen-bond donors (Lipinski definition) is 1. The lowest BCUT2D eigenvalue weighted by Crippen LogP contribution is -2.36. The van der Waals surface area contributed by atoms with Crippen molar-refractivity contribution in [2.75, 3.05) is 49.7 Å². The standard InChI is InChI=1S/C18H21N3O3.ClH/c1-3-16-17(24-10-9-23-16)11-14(1)12-19-18-4-2-15(13-20-18)21-5-7-22-8-6-21;/h1-4,11,13H,5-10,12H2,(H,19,20);1H. The van der Waals surface area contributed by atoms with Crippen LogP contribution in [0.4, 0.5) is 11.5 Å². The highest BCUT2D eigenvalue weighted by atomic mass is 35.5. The van der Waals surface area contributed by atoms with Gasteiger partial charge in [0, 0.05) is 19.6 Å². The van der Waals surface area contributed by atoms with Crippen molar-refractivity contribution in [3.63, 3.8) is 0 Å². The van der Waals surface area contributed by atoms with Gasteiger partial charge >= 0.3 is 0 Å². The summed E-state index contributed by atoms with van der Waals surface area (Å²) >= 11 is 0. The van der Waals surface area contributed by atoms with E-state index in [-0.39, 0.29) is 12.4 Å². The van der Waals surface area contributed by atoms with Crippen molar-refractivity contribution >= 4 is 23.9 Å². The molecular formula is C18H22ClN3O3. The zero-order valence-corrected chi connectivity index (χ0v) is 14.8. The minimum absolute atomic E-state index is 0. The third-order valence-electron chi connectivity index (χ3n) is 4.20. The van der Waals surface area contributed by atoms with Crippen LogP contribution in [-0.4, -0.2) is 44.5 Å². The number of rotatable bonds is 4. The van der Waals surface area contributed by atoms with Crippen LogP contribution < -0.4 is 19.7 Å². The van der Waals surface area contributed by atoms with Gasteiger partial charge in [0.2, 0.25) is 0 Å². The lowest BCUT2D eigenvalue weighted by molar-refractivity contribution is 0.122. The van der Waals surface area contributed by atoms with E-state index in [0.717, 1.165) is 54.9 Å². The van der Waals surface area contributed by atoms with Crippen molar-refractivity contribution < 1.29 is 14.2 Å². The molecule has 7 heteroatoms. The summed E-state index contributed by atoms with van der Waals surface area (Å²) in [4.78, 5) is 6.80. The average Bonchev–Trinajstić information content (AvgIpc) is 2.67. The number of benzene rings is 1. The Balaban J connectivity index is 0.00000182. The van der Waals surface area contributed by atoms with E-state index in [0.29, 0.717) is 19.8 Å². The Morgan fingerprint density at radius 2 is 1.76 bits per heavy atom. The molecule has 2 aliphatic rings. The molecule has 0 spiro atoms. The molecule has 0 amide bonds. The van der Waals surface area contributed by atoms with Crippen LogP contribution in [0.1, 0.15) is 5.56 Å². The lowest BCUT2D eigenvalue weighted by atomic mass is 10.2. The third-order valence-corrected chi connectivity index (χ3v) is 4.20. The minimum Gasteiger partial charge on any atom is -0.486 e. The van der Waals surface area contributed by atoms with Gasteiger partial charge in [-0.1, -0.05) is 6.07 Å². The first kappa shape index (κ1) is 17.6. The second kappa shape index (κ2) is 8.27. The van der Waals surface area contributed by atoms with Crippen LogP contribution in [0.2, 0.25) is 0 Å². The van der Waals surface area contributed by atoms with Crippen LogP contribution in [0.15, 0.2) is 36.5 Å². The van der Waals surface area contributed by atoms with Crippen LogP contribution in [0, 0.1) is 0 Å². The van der Waals surface area contributed by atoms with Gasteiger partial charge in [-0.15, -0.1) is 12.4 Å². The summed E-state index contributed by atoms with van der Waals surface area (Å²) < 4.78 is 16.5. The van der Waals surface area contributed by atoms with Gasteiger partial charge in [-0.25, -0.2) is 4.98 Å². The Kier molecular flexibility index (Phi) is 5.83. The number of aromatic nitrogens is 1. The normalized spacial score (nSPS) is 16.1. The number of anilines is 2. The smallest absolute Gasteiger partial charge is 0.161 e. The molecule has 1 fully saturated rings. The van der Waals surface area contributed by atoms with Gasteiger partial charge in [-0.3, -0.25) is 0 Å². The molecule has 0 saturated carbocycles. The molecule has 0 atom stereocenters. The molecule has 1 aromatic heterocycles. The molecule has 2 aromatic rings. The van der Waals surface area contributed by atoms with Crippen LogP contribution in [-0.2, 0) is 11.3 Å². The zero-order valence-electron chi connectivity index (χ0n) is 13.9. The number of nitrogens with zero attached hydrogens (tertiary/aromatic N) is 2. The van der Waals surface area contributed by atoms with Gasteiger partial charge in [0.1, 0.15) is 19.0 Å². The Morgan fingerprint density at radius 1 is 0.960 bits per heavy atom. The molecule has 3 heterocycles. The number of ether oxygens (including phenoxy) is 3. The van der Waals surface area contributed by atoms with E-state index in [1.54, 1.807) is 0 Å². The highest BCUT2D eigenvalue weighted by Crippen LogP contribution is 2.30. The molecule has 4 rings (SSSR count). The summed E-state index contributed by atoms with van der Waals surface area (Å²) in [5.74, 6) is 2.50. The van der Waals surface area contributed by atoms with Crippen LogP contribution >= 0.6 is 12.4 Å². The first-order chi connectivity index (χ1) is 11.9. The van der Waals surface area contributed by atoms with E-state index in [4.69, 9.17) is 14.2 Å². The van der Waals surface area contributed by atoms with E-state index in [1.807, 2.05) is 30.5 Å². The highest BCUT2D eigenvalue weighted by molar-refractivity contribution is 5.85. The van der Waals surface area contributed by atoms with Crippen molar-refractivity contribution in [1.82, 2.24) is 4.98 Å². The summed E-state index contributed by atoms with van der Waals surface area (Å²) in [5, 5.41) is 3.35. The summed E-state index contributed by atoms with van der Waals surface area (Å²) in [6, 6.07) is 10.1. The molecule has 134 valence electrons. The van der Waals surface area contributed by atoms with Crippen LogP contribution in [0.3, 0.4) is 0 Å². The van der Waals surface area contributed by atoms with Crippen molar-refractivity contribution in [2.24, 2.45) is 0 Å². The molecule has 6 nitrogen and oxygen atoms in total. The number of hydrogen-bond acceptors (Lipinski definition) is 6. The summed E-state index contributed by atoms with van der Waals surface area (Å²) in [7, 11) is 0. The van der Waals surface area contributed by atoms with E-state index in [1.165, 1.54) is 0 Å². The van der Waals surface area contributed by atoms with Crippen molar-refractivity contribution in [3.05, 3.63) is 42.1 Å². The predicted molar refractivity (Wildman–Crippen MR) is 99.3 cm³/mol. The molecule has 0 unspecified atom stereocenters. The molecule has 25 heavy (non-hydrogen) atoms. The van der Waals surface area contributed by atoms with Gasteiger partial charge in [-0.2, -0.15) is 0 Å². The maximum Gasteiger partial charge on any atom is 0.161 e. The first-order valence-corrected chi connectivity index (χ1v) is 8.30. The fourth-order valence-electron chi connectivity index (χ4n) is 2.89. The second-order valence-corrected chi connectivity index (χ2v) is 5.83. The molecule has 1 saturated heterocycles. The predicted octanol–water partition coefficient (Wildman–Crippen LogP) is 2.72. The highest BCUT2D eigenvalue weighted by Gasteiger charge is 2.12. The van der Waals surface area contributed by atoms with E-state index >= 15 is 0 Å². The summed E-state index contributed by atoms with van der Waals surface area (Å²) in [5.41, 5.74) is 2.28. The largest absolute Gasteiger partial charge is 0.486 e. The number of pyridine rings is 1. The minimum atomic E-state index is 0. The number of nitrogens with one attached hydrogen (secondary N) is 1. The van der Waals surface area contributed by atoms with Crippen molar-refractivity contribution in [1.29, 1.82) is 0 Å². The molecular weight excluding hydrogens is 342 g/mol.